The summed E-state index contributed by atoms with van der Waals surface area (Å²) in [5.41, 5.74) is 3.03. The highest BCUT2D eigenvalue weighted by Crippen LogP contribution is 2.29. The number of hydrogen-bond donors (Lipinski definition) is 1. The second-order valence-electron chi connectivity index (χ2n) is 6.22. The first-order valence-electron chi connectivity index (χ1n) is 8.19. The van der Waals surface area contributed by atoms with Crippen molar-refractivity contribution in [1.82, 2.24) is 0 Å². The molecule has 1 aromatic carbocycles. The van der Waals surface area contributed by atoms with E-state index in [2.05, 4.69) is 10.5 Å². The van der Waals surface area contributed by atoms with Crippen molar-refractivity contribution in [2.45, 2.75) is 51.9 Å². The van der Waals surface area contributed by atoms with Crippen LogP contribution >= 0.6 is 0 Å². The van der Waals surface area contributed by atoms with Gasteiger partial charge in [-0.15, -0.1) is 0 Å². The molecule has 8 nitrogen and oxygen atoms in total. The molecule has 24 heavy (non-hydrogen) atoms. The minimum Gasteiger partial charge on any atom is -0.272 e. The van der Waals surface area contributed by atoms with E-state index in [0.29, 0.717) is 0 Å². The van der Waals surface area contributed by atoms with Gasteiger partial charge in [0.1, 0.15) is 5.69 Å². The summed E-state index contributed by atoms with van der Waals surface area (Å²) in [4.78, 5) is 20.5. The van der Waals surface area contributed by atoms with Gasteiger partial charge in [0, 0.05) is 11.8 Å². The number of benzene rings is 1. The fourth-order valence-electron chi connectivity index (χ4n) is 2.98. The van der Waals surface area contributed by atoms with Gasteiger partial charge in [0.05, 0.1) is 15.9 Å². The van der Waals surface area contributed by atoms with Crippen LogP contribution in [0.1, 0.15) is 51.9 Å². The molecule has 0 aromatic heterocycles. The van der Waals surface area contributed by atoms with Crippen LogP contribution in [0.15, 0.2) is 23.3 Å². The molecule has 0 heterocycles. The molecule has 0 spiro atoms. The highest BCUT2D eigenvalue weighted by molar-refractivity contribution is 5.83. The summed E-state index contributed by atoms with van der Waals surface area (Å²) in [7, 11) is 0. The Balaban J connectivity index is 1.98. The number of nitro benzene ring substituents is 2. The molecule has 1 fully saturated rings. The van der Waals surface area contributed by atoms with Crippen LogP contribution in [0.4, 0.5) is 17.1 Å². The van der Waals surface area contributed by atoms with Crippen molar-refractivity contribution in [2.75, 3.05) is 5.43 Å². The molecule has 8 heteroatoms. The van der Waals surface area contributed by atoms with E-state index in [1.807, 2.05) is 6.92 Å². The maximum absolute atomic E-state index is 11.1. The zero-order chi connectivity index (χ0) is 17.5. The van der Waals surface area contributed by atoms with Crippen molar-refractivity contribution in [1.29, 1.82) is 0 Å². The quantitative estimate of drug-likeness (QED) is 0.443. The van der Waals surface area contributed by atoms with E-state index >= 15 is 0 Å². The normalized spacial score (nSPS) is 16.0. The number of nitrogens with one attached hydrogen (secondary N) is 1. The summed E-state index contributed by atoms with van der Waals surface area (Å²) in [6, 6.07) is 3.48. The molecule has 0 radical (unpaired) electrons. The Bertz CT molecular complexity index is 639. The monoisotopic (exact) mass is 334 g/mol. The van der Waals surface area contributed by atoms with Crippen molar-refractivity contribution in [3.8, 4) is 0 Å². The van der Waals surface area contributed by atoms with Gasteiger partial charge < -0.3 is 0 Å². The van der Waals surface area contributed by atoms with E-state index in [1.165, 1.54) is 44.2 Å². The van der Waals surface area contributed by atoms with Crippen molar-refractivity contribution in [2.24, 2.45) is 11.0 Å². The van der Waals surface area contributed by atoms with Gasteiger partial charge >= 0.3 is 5.69 Å². The Hall–Kier alpha value is -2.51. The minimum absolute atomic E-state index is 0.155. The lowest BCUT2D eigenvalue weighted by Gasteiger charge is -2.21. The van der Waals surface area contributed by atoms with Crippen molar-refractivity contribution < 1.29 is 9.85 Å². The predicted octanol–water partition coefficient (Wildman–Crippen LogP) is 4.65. The Morgan fingerprint density at radius 3 is 2.54 bits per heavy atom. The van der Waals surface area contributed by atoms with Crippen LogP contribution in [-0.2, 0) is 0 Å². The summed E-state index contributed by atoms with van der Waals surface area (Å²) < 4.78 is 0. The Morgan fingerprint density at radius 1 is 1.21 bits per heavy atom. The highest BCUT2D eigenvalue weighted by atomic mass is 16.6. The van der Waals surface area contributed by atoms with Crippen LogP contribution in [0.5, 0.6) is 0 Å². The zero-order valence-electron chi connectivity index (χ0n) is 13.7. The fourth-order valence-corrected chi connectivity index (χ4v) is 2.98. The van der Waals surface area contributed by atoms with Gasteiger partial charge in [-0.2, -0.15) is 5.10 Å². The summed E-state index contributed by atoms with van der Waals surface area (Å²) in [6.45, 7) is 1.88. The Morgan fingerprint density at radius 2 is 1.92 bits per heavy atom. The SMILES string of the molecule is C/C(CCC1CCCCC1)=N\Nc1ccc([N+](=O)[O-])cc1[N+](=O)[O-]. The van der Waals surface area contributed by atoms with Crippen LogP contribution in [0.2, 0.25) is 0 Å². The summed E-state index contributed by atoms with van der Waals surface area (Å²) in [5, 5.41) is 26.0. The molecule has 1 saturated carbocycles. The fraction of sp³-hybridized carbons (Fsp3) is 0.562. The molecule has 1 aliphatic rings. The van der Waals surface area contributed by atoms with Gasteiger partial charge in [0.15, 0.2) is 0 Å². The number of hydrogen-bond acceptors (Lipinski definition) is 6. The van der Waals surface area contributed by atoms with Crippen LogP contribution < -0.4 is 5.43 Å². The third-order valence-electron chi connectivity index (χ3n) is 4.40. The van der Waals surface area contributed by atoms with Crippen molar-refractivity contribution in [3.63, 3.8) is 0 Å². The second-order valence-corrected chi connectivity index (χ2v) is 6.22. The van der Waals surface area contributed by atoms with Crippen LogP contribution in [0, 0.1) is 26.1 Å². The molecular weight excluding hydrogens is 312 g/mol. The van der Waals surface area contributed by atoms with Crippen molar-refractivity contribution in [3.05, 3.63) is 38.4 Å². The molecule has 1 aliphatic carbocycles. The van der Waals surface area contributed by atoms with Gasteiger partial charge in [-0.05, 0) is 31.7 Å². The average molecular weight is 334 g/mol. The van der Waals surface area contributed by atoms with E-state index < -0.39 is 9.85 Å². The van der Waals surface area contributed by atoms with Crippen LogP contribution in [-0.4, -0.2) is 15.6 Å². The largest absolute Gasteiger partial charge is 0.301 e. The molecule has 0 unspecified atom stereocenters. The van der Waals surface area contributed by atoms with E-state index in [0.717, 1.165) is 30.5 Å². The van der Waals surface area contributed by atoms with Crippen molar-refractivity contribution >= 4 is 22.8 Å². The number of anilines is 1. The zero-order valence-corrected chi connectivity index (χ0v) is 13.7. The maximum Gasteiger partial charge on any atom is 0.301 e. The molecule has 130 valence electrons. The molecule has 1 aromatic rings. The van der Waals surface area contributed by atoms with E-state index in [9.17, 15) is 20.2 Å². The standard InChI is InChI=1S/C16H22N4O4/c1-12(7-8-13-5-3-2-4-6-13)17-18-15-10-9-14(19(21)22)11-16(15)20(23)24/h9-11,13,18H,2-8H2,1H3/b17-12+. The minimum atomic E-state index is -0.657. The molecular formula is C16H22N4O4. The molecule has 0 atom stereocenters. The molecule has 1 N–H and O–H groups in total. The van der Waals surface area contributed by atoms with Crippen LogP contribution in [0.3, 0.4) is 0 Å². The molecule has 0 amide bonds. The van der Waals surface area contributed by atoms with E-state index in [1.54, 1.807) is 0 Å². The highest BCUT2D eigenvalue weighted by Gasteiger charge is 2.19. The third-order valence-corrected chi connectivity index (χ3v) is 4.40. The maximum atomic E-state index is 11.1. The third kappa shape index (κ3) is 5.00. The van der Waals surface area contributed by atoms with E-state index in [4.69, 9.17) is 0 Å². The number of nitrogens with zero attached hydrogens (tertiary/aromatic N) is 3. The van der Waals surface area contributed by atoms with Gasteiger partial charge in [-0.1, -0.05) is 32.1 Å². The second kappa shape index (κ2) is 8.37. The van der Waals surface area contributed by atoms with Gasteiger partial charge in [0.25, 0.3) is 5.69 Å². The summed E-state index contributed by atoms with van der Waals surface area (Å²) >= 11 is 0. The molecule has 0 aliphatic heterocycles. The first-order valence-corrected chi connectivity index (χ1v) is 8.19. The summed E-state index contributed by atoms with van der Waals surface area (Å²) in [5.74, 6) is 0.748. The molecule has 0 saturated heterocycles. The Labute approximate surface area is 140 Å². The number of non-ortho nitro benzene ring substituents is 1. The van der Waals surface area contributed by atoms with E-state index in [-0.39, 0.29) is 17.1 Å². The lowest BCUT2D eigenvalue weighted by Crippen LogP contribution is -2.08. The van der Waals surface area contributed by atoms with Gasteiger partial charge in [-0.3, -0.25) is 25.7 Å². The number of rotatable bonds is 7. The van der Waals surface area contributed by atoms with Gasteiger partial charge in [-0.25, -0.2) is 0 Å². The number of hydrazone groups is 1. The van der Waals surface area contributed by atoms with Gasteiger partial charge in [0.2, 0.25) is 0 Å². The molecule has 2 rings (SSSR count). The average Bonchev–Trinajstić information content (AvgIpc) is 2.58. The van der Waals surface area contributed by atoms with Crippen LogP contribution in [0.25, 0.3) is 0 Å². The lowest BCUT2D eigenvalue weighted by atomic mass is 9.86. The predicted molar refractivity (Wildman–Crippen MR) is 92.3 cm³/mol. The topological polar surface area (TPSA) is 111 Å². The first kappa shape index (κ1) is 17.8. The number of nitro groups is 2. The lowest BCUT2D eigenvalue weighted by molar-refractivity contribution is -0.393. The smallest absolute Gasteiger partial charge is 0.272 e. The summed E-state index contributed by atoms with van der Waals surface area (Å²) in [6.07, 6.45) is 8.40. The Kier molecular flexibility index (Phi) is 6.22. The molecule has 0 bridgehead atoms. The first-order chi connectivity index (χ1) is 11.5.